The van der Waals surface area contributed by atoms with Gasteiger partial charge < -0.3 is 4.42 Å². The van der Waals surface area contributed by atoms with Crippen molar-refractivity contribution in [2.24, 2.45) is 0 Å². The molecule has 2 aromatic carbocycles. The number of fused-ring (bicyclic) bond motifs is 1. The molecular formula is C22H17NO3S. The molecule has 4 nitrogen and oxygen atoms in total. The van der Waals surface area contributed by atoms with Gasteiger partial charge in [-0.15, -0.1) is 11.3 Å². The minimum Gasteiger partial charge on any atom is -0.457 e. The average Bonchev–Trinajstić information content (AvgIpc) is 3.21. The maximum Gasteiger partial charge on any atom is 0.269 e. The largest absolute Gasteiger partial charge is 0.457 e. The number of aromatic nitrogens is 1. The number of benzene rings is 2. The molecular weight excluding hydrogens is 358 g/mol. The second-order valence-corrected chi connectivity index (χ2v) is 7.44. The monoisotopic (exact) mass is 375 g/mol. The number of hydrogen-bond acceptors (Lipinski definition) is 4. The van der Waals surface area contributed by atoms with E-state index in [9.17, 15) is 9.59 Å². The van der Waals surface area contributed by atoms with Crippen LogP contribution in [0.1, 0.15) is 12.7 Å². The van der Waals surface area contributed by atoms with Crippen LogP contribution in [0.2, 0.25) is 0 Å². The van der Waals surface area contributed by atoms with Crippen molar-refractivity contribution in [1.82, 2.24) is 4.57 Å². The number of thiazole rings is 1. The van der Waals surface area contributed by atoms with Gasteiger partial charge in [0.1, 0.15) is 17.3 Å². The van der Waals surface area contributed by atoms with Gasteiger partial charge in [0.05, 0.1) is 15.7 Å². The molecule has 5 heteroatoms. The van der Waals surface area contributed by atoms with Gasteiger partial charge in [0, 0.05) is 11.6 Å². The summed E-state index contributed by atoms with van der Waals surface area (Å²) in [6.45, 7) is 5.36. The number of furan rings is 1. The standard InChI is InChI=1S/C22H17NO3S/c1-14(24)13-23-15(2)27-21(22(23)25)12-17-10-11-20(26-17)19-9-5-7-16-6-3-4-8-18(16)19/h3-12H,2,13H2,1H3/b21-12-. The van der Waals surface area contributed by atoms with Gasteiger partial charge in [0.2, 0.25) is 0 Å². The molecule has 0 aliphatic rings. The number of hydrogen-bond donors (Lipinski definition) is 0. The van der Waals surface area contributed by atoms with E-state index in [1.54, 1.807) is 6.08 Å². The number of carbonyl (C=O) groups excluding carboxylic acids is 1. The summed E-state index contributed by atoms with van der Waals surface area (Å²) >= 11 is 1.26. The summed E-state index contributed by atoms with van der Waals surface area (Å²) in [6.07, 6.45) is 1.70. The smallest absolute Gasteiger partial charge is 0.269 e. The van der Waals surface area contributed by atoms with Gasteiger partial charge in [0.15, 0.2) is 0 Å². The molecule has 2 heterocycles. The third-order valence-corrected chi connectivity index (χ3v) is 5.29. The van der Waals surface area contributed by atoms with Crippen LogP contribution in [0.4, 0.5) is 0 Å². The summed E-state index contributed by atoms with van der Waals surface area (Å²) in [5.41, 5.74) is 0.786. The zero-order chi connectivity index (χ0) is 19.0. The molecule has 0 amide bonds. The fourth-order valence-electron chi connectivity index (χ4n) is 3.09. The minimum absolute atomic E-state index is 0.0431. The van der Waals surface area contributed by atoms with Crippen molar-refractivity contribution in [3.8, 4) is 11.3 Å². The highest BCUT2D eigenvalue weighted by atomic mass is 32.1. The SMILES string of the molecule is C=c1s/c(=C\c2ccc(-c3cccc4ccccc34)o2)c(=O)n1CC(C)=O. The van der Waals surface area contributed by atoms with Crippen LogP contribution in [0.15, 0.2) is 63.8 Å². The Bertz CT molecular complexity index is 1320. The highest BCUT2D eigenvalue weighted by Crippen LogP contribution is 2.29. The number of nitrogens with zero attached hydrogens (tertiary/aromatic N) is 1. The normalized spacial score (nSPS) is 12.0. The first-order valence-corrected chi connectivity index (χ1v) is 9.32. The van der Waals surface area contributed by atoms with Crippen molar-refractivity contribution in [3.63, 3.8) is 0 Å². The maximum atomic E-state index is 12.5. The molecule has 27 heavy (non-hydrogen) atoms. The topological polar surface area (TPSA) is 52.2 Å². The fourth-order valence-corrected chi connectivity index (χ4v) is 3.97. The van der Waals surface area contributed by atoms with Crippen LogP contribution in [0.3, 0.4) is 0 Å². The Morgan fingerprint density at radius 2 is 1.93 bits per heavy atom. The lowest BCUT2D eigenvalue weighted by atomic mass is 10.0. The Morgan fingerprint density at radius 3 is 2.74 bits per heavy atom. The van der Waals surface area contributed by atoms with E-state index < -0.39 is 0 Å². The minimum atomic E-state index is -0.219. The molecule has 0 radical (unpaired) electrons. The first kappa shape index (κ1) is 17.2. The van der Waals surface area contributed by atoms with E-state index in [1.807, 2.05) is 36.4 Å². The molecule has 134 valence electrons. The van der Waals surface area contributed by atoms with Gasteiger partial charge in [-0.3, -0.25) is 14.2 Å². The third-order valence-electron chi connectivity index (χ3n) is 4.32. The molecule has 0 N–H and O–H groups in total. The predicted molar refractivity (Wildman–Crippen MR) is 109 cm³/mol. The van der Waals surface area contributed by atoms with E-state index in [4.69, 9.17) is 4.42 Å². The maximum absolute atomic E-state index is 12.5. The second kappa shape index (κ2) is 6.85. The van der Waals surface area contributed by atoms with Crippen molar-refractivity contribution in [2.45, 2.75) is 13.5 Å². The second-order valence-electron chi connectivity index (χ2n) is 6.33. The quantitative estimate of drug-likeness (QED) is 0.551. The van der Waals surface area contributed by atoms with Crippen LogP contribution in [0.25, 0.3) is 34.8 Å². The van der Waals surface area contributed by atoms with E-state index in [2.05, 4.69) is 24.8 Å². The molecule has 0 saturated heterocycles. The molecule has 0 bridgehead atoms. The molecule has 4 rings (SSSR count). The fraction of sp³-hybridized carbons (Fsp3) is 0.0909. The van der Waals surface area contributed by atoms with Crippen LogP contribution in [0, 0.1) is 0 Å². The molecule has 0 fully saturated rings. The van der Waals surface area contributed by atoms with E-state index in [0.717, 1.165) is 22.1 Å². The third kappa shape index (κ3) is 3.29. The van der Waals surface area contributed by atoms with E-state index >= 15 is 0 Å². The Hall–Kier alpha value is -3.18. The van der Waals surface area contributed by atoms with Crippen LogP contribution in [0.5, 0.6) is 0 Å². The zero-order valence-corrected chi connectivity index (χ0v) is 15.6. The van der Waals surface area contributed by atoms with Gasteiger partial charge in [-0.1, -0.05) is 49.0 Å². The number of carbonyl (C=O) groups is 1. The summed E-state index contributed by atoms with van der Waals surface area (Å²) in [5.74, 6) is 1.25. The van der Waals surface area contributed by atoms with E-state index in [-0.39, 0.29) is 17.9 Å². The van der Waals surface area contributed by atoms with Gasteiger partial charge >= 0.3 is 0 Å². The molecule has 0 saturated carbocycles. The van der Waals surface area contributed by atoms with Crippen LogP contribution >= 0.6 is 11.3 Å². The number of rotatable bonds is 4. The molecule has 0 atom stereocenters. The van der Waals surface area contributed by atoms with E-state index in [0.29, 0.717) is 15.0 Å². The summed E-state index contributed by atoms with van der Waals surface area (Å²) < 4.78 is 8.44. The molecule has 0 unspecified atom stereocenters. The first-order chi connectivity index (χ1) is 13.0. The van der Waals surface area contributed by atoms with Crippen molar-refractivity contribution in [3.05, 3.63) is 79.9 Å². The first-order valence-electron chi connectivity index (χ1n) is 8.50. The van der Waals surface area contributed by atoms with Crippen molar-refractivity contribution >= 4 is 40.5 Å². The number of Topliss-reactive ketones (excluding diaryl/α,β-unsaturated/α-hetero) is 1. The van der Waals surface area contributed by atoms with Gasteiger partial charge in [-0.05, 0) is 29.8 Å². The van der Waals surface area contributed by atoms with E-state index in [1.165, 1.54) is 22.8 Å². The summed E-state index contributed by atoms with van der Waals surface area (Å²) in [5, 5.41) is 2.25. The van der Waals surface area contributed by atoms with Crippen molar-refractivity contribution in [2.75, 3.05) is 0 Å². The lowest BCUT2D eigenvalue weighted by Crippen LogP contribution is -2.32. The van der Waals surface area contributed by atoms with Crippen LogP contribution in [-0.2, 0) is 11.3 Å². The Labute approximate surface area is 159 Å². The highest BCUT2D eigenvalue weighted by Gasteiger charge is 2.09. The summed E-state index contributed by atoms with van der Waals surface area (Å²) in [4.78, 5) is 23.8. The number of ketones is 1. The molecule has 2 aromatic heterocycles. The zero-order valence-electron chi connectivity index (χ0n) is 14.8. The Morgan fingerprint density at radius 1 is 1.15 bits per heavy atom. The highest BCUT2D eigenvalue weighted by molar-refractivity contribution is 7.07. The van der Waals surface area contributed by atoms with Gasteiger partial charge in [-0.2, -0.15) is 0 Å². The lowest BCUT2D eigenvalue weighted by molar-refractivity contribution is -0.117. The summed E-state index contributed by atoms with van der Waals surface area (Å²) in [6, 6.07) is 18.0. The van der Waals surface area contributed by atoms with Gasteiger partial charge in [-0.25, -0.2) is 0 Å². The Kier molecular flexibility index (Phi) is 4.38. The molecule has 4 aromatic rings. The van der Waals surface area contributed by atoms with Crippen LogP contribution in [-0.4, -0.2) is 10.4 Å². The Balaban J connectivity index is 1.78. The van der Waals surface area contributed by atoms with Crippen molar-refractivity contribution < 1.29 is 9.21 Å². The predicted octanol–water partition coefficient (Wildman–Crippen LogP) is 3.15. The average molecular weight is 375 g/mol. The lowest BCUT2D eigenvalue weighted by Gasteiger charge is -2.03. The van der Waals surface area contributed by atoms with Gasteiger partial charge in [0.25, 0.3) is 5.56 Å². The molecule has 0 aliphatic heterocycles. The molecule has 0 aliphatic carbocycles. The molecule has 0 spiro atoms. The van der Waals surface area contributed by atoms with Crippen molar-refractivity contribution in [1.29, 1.82) is 0 Å². The van der Waals surface area contributed by atoms with Crippen LogP contribution < -0.4 is 14.8 Å². The summed E-state index contributed by atoms with van der Waals surface area (Å²) in [7, 11) is 0.